The van der Waals surface area contributed by atoms with Crippen molar-refractivity contribution in [1.82, 2.24) is 4.31 Å². The van der Waals surface area contributed by atoms with Crippen LogP contribution < -0.4 is 0 Å². The molecule has 4 nitrogen and oxygen atoms in total. The highest BCUT2D eigenvalue weighted by atomic mass is 79.9. The number of nitrogens with zero attached hydrogens (tertiary/aromatic N) is 1. The molecule has 100 valence electrons. The van der Waals surface area contributed by atoms with Gasteiger partial charge in [-0.25, -0.2) is 12.7 Å². The van der Waals surface area contributed by atoms with Gasteiger partial charge in [-0.3, -0.25) is 4.79 Å². The summed E-state index contributed by atoms with van der Waals surface area (Å²) < 4.78 is 26.2. The minimum atomic E-state index is -3.74. The summed E-state index contributed by atoms with van der Waals surface area (Å²) in [6.45, 7) is 2.22. The first-order valence-corrected chi connectivity index (χ1v) is 8.79. The first kappa shape index (κ1) is 14.3. The van der Waals surface area contributed by atoms with Crippen molar-refractivity contribution in [1.29, 1.82) is 0 Å². The van der Waals surface area contributed by atoms with Gasteiger partial charge in [-0.15, -0.1) is 11.3 Å². The minimum absolute atomic E-state index is 0.101. The normalized spacial score (nSPS) is 20.7. The Balaban J connectivity index is 2.35. The SMILES string of the molecule is CCC1CC(=O)N(S(=O)(=O)c2cc(Cl)c(Br)s2)C1. The third kappa shape index (κ3) is 2.45. The maximum absolute atomic E-state index is 12.3. The highest BCUT2D eigenvalue weighted by Crippen LogP contribution is 2.37. The fourth-order valence-corrected chi connectivity index (χ4v) is 5.82. The second kappa shape index (κ2) is 5.11. The number of halogens is 2. The fourth-order valence-electron chi connectivity index (χ4n) is 1.82. The lowest BCUT2D eigenvalue weighted by atomic mass is 10.1. The van der Waals surface area contributed by atoms with Crippen LogP contribution in [0.5, 0.6) is 0 Å². The van der Waals surface area contributed by atoms with E-state index in [1.807, 2.05) is 6.92 Å². The molecule has 1 atom stereocenters. The molecule has 0 radical (unpaired) electrons. The molecule has 1 amide bonds. The number of rotatable bonds is 3. The maximum Gasteiger partial charge on any atom is 0.276 e. The summed E-state index contributed by atoms with van der Waals surface area (Å²) in [4.78, 5) is 11.8. The first-order valence-electron chi connectivity index (χ1n) is 5.36. The Morgan fingerprint density at radius 1 is 1.61 bits per heavy atom. The predicted molar refractivity (Wildman–Crippen MR) is 74.3 cm³/mol. The average molecular weight is 373 g/mol. The van der Waals surface area contributed by atoms with Crippen LogP contribution in [0.3, 0.4) is 0 Å². The summed E-state index contributed by atoms with van der Waals surface area (Å²) in [6.07, 6.45) is 1.10. The van der Waals surface area contributed by atoms with Crippen molar-refractivity contribution in [2.24, 2.45) is 5.92 Å². The van der Waals surface area contributed by atoms with Crippen LogP contribution in [0.1, 0.15) is 19.8 Å². The maximum atomic E-state index is 12.3. The number of carbonyl (C=O) groups excluding carboxylic acids is 1. The molecule has 1 aromatic heterocycles. The molecule has 2 rings (SSSR count). The molecule has 0 spiro atoms. The summed E-state index contributed by atoms with van der Waals surface area (Å²) in [5, 5.41) is 0.345. The van der Waals surface area contributed by atoms with Crippen LogP contribution in [0.2, 0.25) is 5.02 Å². The van der Waals surface area contributed by atoms with Crippen LogP contribution in [0.25, 0.3) is 0 Å². The number of hydrogen-bond acceptors (Lipinski definition) is 4. The van der Waals surface area contributed by atoms with Gasteiger partial charge in [0.1, 0.15) is 4.21 Å². The monoisotopic (exact) mass is 371 g/mol. The molecule has 1 aromatic rings. The summed E-state index contributed by atoms with van der Waals surface area (Å²) in [6, 6.07) is 1.37. The first-order chi connectivity index (χ1) is 8.36. The Hall–Kier alpha value is -0.110. The number of sulfonamides is 1. The number of thiophene rings is 1. The molecule has 8 heteroatoms. The Morgan fingerprint density at radius 3 is 2.72 bits per heavy atom. The molecule has 0 saturated carbocycles. The smallest absolute Gasteiger partial charge is 0.274 e. The average Bonchev–Trinajstić information content (AvgIpc) is 2.84. The zero-order chi connectivity index (χ0) is 13.5. The number of carbonyl (C=O) groups is 1. The van der Waals surface area contributed by atoms with Crippen LogP contribution in [0.15, 0.2) is 14.1 Å². The quantitative estimate of drug-likeness (QED) is 0.819. The molecule has 0 aliphatic carbocycles. The molecule has 0 aromatic carbocycles. The van der Waals surface area contributed by atoms with Crippen molar-refractivity contribution in [2.45, 2.75) is 24.0 Å². The fraction of sp³-hybridized carbons (Fsp3) is 0.500. The van der Waals surface area contributed by atoms with Gasteiger partial charge in [0.15, 0.2) is 0 Å². The van der Waals surface area contributed by atoms with E-state index in [2.05, 4.69) is 15.9 Å². The van der Waals surface area contributed by atoms with Gasteiger partial charge < -0.3 is 0 Å². The van der Waals surface area contributed by atoms with Crippen LogP contribution in [-0.4, -0.2) is 25.2 Å². The molecule has 1 aliphatic rings. The van der Waals surface area contributed by atoms with E-state index in [-0.39, 0.29) is 22.6 Å². The second-order valence-electron chi connectivity index (χ2n) is 4.10. The van der Waals surface area contributed by atoms with E-state index in [0.717, 1.165) is 22.1 Å². The third-order valence-corrected chi connectivity index (χ3v) is 7.62. The Bertz CT molecular complexity index is 564. The van der Waals surface area contributed by atoms with Crippen LogP contribution in [-0.2, 0) is 14.8 Å². The van der Waals surface area contributed by atoms with E-state index in [1.165, 1.54) is 6.07 Å². The van der Waals surface area contributed by atoms with Crippen molar-refractivity contribution in [3.63, 3.8) is 0 Å². The van der Waals surface area contributed by atoms with Crippen LogP contribution in [0, 0.1) is 5.92 Å². The van der Waals surface area contributed by atoms with Gasteiger partial charge >= 0.3 is 0 Å². The Morgan fingerprint density at radius 2 is 2.28 bits per heavy atom. The van der Waals surface area contributed by atoms with Crippen molar-refractivity contribution in [2.75, 3.05) is 6.54 Å². The van der Waals surface area contributed by atoms with E-state index < -0.39 is 10.0 Å². The van der Waals surface area contributed by atoms with E-state index in [1.54, 1.807) is 0 Å². The van der Waals surface area contributed by atoms with Crippen molar-refractivity contribution >= 4 is 54.8 Å². The lowest BCUT2D eigenvalue weighted by molar-refractivity contribution is -0.123. The van der Waals surface area contributed by atoms with E-state index >= 15 is 0 Å². The summed E-state index contributed by atoms with van der Waals surface area (Å²) >= 11 is 10.0. The topological polar surface area (TPSA) is 54.5 Å². The van der Waals surface area contributed by atoms with Gasteiger partial charge in [-0.2, -0.15) is 0 Å². The third-order valence-electron chi connectivity index (χ3n) is 2.91. The molecule has 0 bridgehead atoms. The van der Waals surface area contributed by atoms with Gasteiger partial charge in [0.05, 0.1) is 8.81 Å². The van der Waals surface area contributed by atoms with Crippen molar-refractivity contribution in [3.8, 4) is 0 Å². The Kier molecular flexibility index (Phi) is 4.06. The zero-order valence-corrected chi connectivity index (χ0v) is 13.5. The Labute approximate surface area is 123 Å². The molecule has 0 N–H and O–H groups in total. The number of amides is 1. The van der Waals surface area contributed by atoms with E-state index in [0.29, 0.717) is 15.2 Å². The van der Waals surface area contributed by atoms with Crippen LogP contribution in [0.4, 0.5) is 0 Å². The number of hydrogen-bond donors (Lipinski definition) is 0. The van der Waals surface area contributed by atoms with Gasteiger partial charge in [-0.05, 0) is 27.9 Å². The highest BCUT2D eigenvalue weighted by molar-refractivity contribution is 9.11. The lowest BCUT2D eigenvalue weighted by Crippen LogP contribution is -2.31. The lowest BCUT2D eigenvalue weighted by Gasteiger charge is -2.15. The van der Waals surface area contributed by atoms with Crippen molar-refractivity contribution in [3.05, 3.63) is 14.9 Å². The molecule has 1 aliphatic heterocycles. The second-order valence-corrected chi connectivity index (χ2v) is 8.96. The van der Waals surface area contributed by atoms with Crippen LogP contribution >= 0.6 is 38.9 Å². The molecule has 18 heavy (non-hydrogen) atoms. The summed E-state index contributed by atoms with van der Waals surface area (Å²) in [7, 11) is -3.74. The van der Waals surface area contributed by atoms with E-state index in [9.17, 15) is 13.2 Å². The van der Waals surface area contributed by atoms with Gasteiger partial charge in [0.2, 0.25) is 5.91 Å². The van der Waals surface area contributed by atoms with Crippen molar-refractivity contribution < 1.29 is 13.2 Å². The highest BCUT2D eigenvalue weighted by Gasteiger charge is 2.38. The summed E-state index contributed by atoms with van der Waals surface area (Å²) in [5.41, 5.74) is 0. The molecule has 2 heterocycles. The van der Waals surface area contributed by atoms with Gasteiger partial charge in [-0.1, -0.05) is 24.9 Å². The zero-order valence-electron chi connectivity index (χ0n) is 9.52. The largest absolute Gasteiger partial charge is 0.276 e. The molecule has 1 fully saturated rings. The molecule has 1 unspecified atom stereocenters. The molecule has 1 saturated heterocycles. The predicted octanol–water partition coefficient (Wildman–Crippen LogP) is 3.11. The van der Waals surface area contributed by atoms with Gasteiger partial charge in [0, 0.05) is 13.0 Å². The molecular weight excluding hydrogens is 362 g/mol. The van der Waals surface area contributed by atoms with E-state index in [4.69, 9.17) is 11.6 Å². The standard InChI is InChI=1S/C10H11BrClNO3S2/c1-2-6-3-8(14)13(5-6)18(15,16)9-4-7(12)10(11)17-9/h4,6H,2-3,5H2,1H3. The molecular formula is C10H11BrClNO3S2. The minimum Gasteiger partial charge on any atom is -0.274 e. The summed E-state index contributed by atoms with van der Waals surface area (Å²) in [5.74, 6) is -0.214. The van der Waals surface area contributed by atoms with Gasteiger partial charge in [0.25, 0.3) is 10.0 Å².